The van der Waals surface area contributed by atoms with Gasteiger partial charge in [-0.3, -0.25) is 0 Å². The average molecular weight is 251 g/mol. The minimum absolute atomic E-state index is 0.0135. The maximum absolute atomic E-state index is 13.2. The van der Waals surface area contributed by atoms with Gasteiger partial charge >= 0.3 is 0 Å². The monoisotopic (exact) mass is 251 g/mol. The first-order valence-electron chi connectivity index (χ1n) is 6.84. The molecular weight excluding hydrogens is 232 g/mol. The lowest BCUT2D eigenvalue weighted by molar-refractivity contribution is 0.326. The molecule has 1 aromatic carbocycles. The first kappa shape index (κ1) is 12.1. The number of rotatable bonds is 3. The van der Waals surface area contributed by atoms with Crippen molar-refractivity contribution in [3.8, 4) is 0 Å². The number of hydrogen-bond acceptors (Lipinski definition) is 1. The SMILES string of the molecule is CC(NC1CC2CCC1C2)c1cc(F)cc(F)c1. The molecule has 2 fully saturated rings. The van der Waals surface area contributed by atoms with Gasteiger partial charge in [0.1, 0.15) is 11.6 Å². The number of hydrogen-bond donors (Lipinski definition) is 1. The zero-order chi connectivity index (χ0) is 12.7. The van der Waals surface area contributed by atoms with Gasteiger partial charge in [0.25, 0.3) is 0 Å². The van der Waals surface area contributed by atoms with Gasteiger partial charge in [0.2, 0.25) is 0 Å². The number of nitrogens with one attached hydrogen (secondary N) is 1. The number of halogens is 2. The predicted molar refractivity (Wildman–Crippen MR) is 67.1 cm³/mol. The van der Waals surface area contributed by atoms with Crippen LogP contribution in [0.25, 0.3) is 0 Å². The summed E-state index contributed by atoms with van der Waals surface area (Å²) in [4.78, 5) is 0. The van der Waals surface area contributed by atoms with Gasteiger partial charge in [-0.05, 0) is 55.7 Å². The second kappa shape index (κ2) is 4.61. The summed E-state index contributed by atoms with van der Waals surface area (Å²) in [5.74, 6) is 0.665. The standard InChI is InChI=1S/C15H19F2N/c1-9(12-6-13(16)8-14(17)7-12)18-15-5-10-2-3-11(15)4-10/h6-11,15,18H,2-5H2,1H3. The Morgan fingerprint density at radius 3 is 2.39 bits per heavy atom. The summed E-state index contributed by atoms with van der Waals surface area (Å²) < 4.78 is 26.4. The highest BCUT2D eigenvalue weighted by atomic mass is 19.1. The molecule has 18 heavy (non-hydrogen) atoms. The van der Waals surface area contributed by atoms with Gasteiger partial charge in [-0.2, -0.15) is 0 Å². The zero-order valence-electron chi connectivity index (χ0n) is 10.6. The Hall–Kier alpha value is -0.960. The quantitative estimate of drug-likeness (QED) is 0.861. The Labute approximate surface area is 107 Å². The first-order chi connectivity index (χ1) is 8.61. The molecule has 4 atom stereocenters. The summed E-state index contributed by atoms with van der Waals surface area (Å²) in [6.45, 7) is 1.99. The van der Waals surface area contributed by atoms with Crippen LogP contribution in [0.3, 0.4) is 0 Å². The van der Waals surface area contributed by atoms with E-state index in [1.165, 1.54) is 37.8 Å². The topological polar surface area (TPSA) is 12.0 Å². The fourth-order valence-corrected chi connectivity index (χ4v) is 3.69. The van der Waals surface area contributed by atoms with Crippen LogP contribution in [0.5, 0.6) is 0 Å². The highest BCUT2D eigenvalue weighted by Crippen LogP contribution is 2.45. The van der Waals surface area contributed by atoms with Crippen LogP contribution in [-0.2, 0) is 0 Å². The van der Waals surface area contributed by atoms with Crippen LogP contribution < -0.4 is 5.32 Å². The van der Waals surface area contributed by atoms with E-state index in [1.807, 2.05) is 6.92 Å². The van der Waals surface area contributed by atoms with E-state index < -0.39 is 11.6 Å². The third-order valence-electron chi connectivity index (χ3n) is 4.59. The third kappa shape index (κ3) is 2.28. The van der Waals surface area contributed by atoms with E-state index in [2.05, 4.69) is 5.32 Å². The van der Waals surface area contributed by atoms with Gasteiger partial charge in [0, 0.05) is 18.2 Å². The van der Waals surface area contributed by atoms with E-state index in [1.54, 1.807) is 0 Å². The molecule has 0 saturated heterocycles. The Morgan fingerprint density at radius 1 is 1.11 bits per heavy atom. The molecule has 0 radical (unpaired) electrons. The molecular formula is C15H19F2N. The zero-order valence-corrected chi connectivity index (χ0v) is 10.6. The molecule has 1 nitrogen and oxygen atoms in total. The van der Waals surface area contributed by atoms with Gasteiger partial charge in [0.05, 0.1) is 0 Å². The average Bonchev–Trinajstić information content (AvgIpc) is 2.89. The summed E-state index contributed by atoms with van der Waals surface area (Å²) in [5, 5.41) is 3.55. The van der Waals surface area contributed by atoms with Crippen molar-refractivity contribution in [2.75, 3.05) is 0 Å². The van der Waals surface area contributed by atoms with Crippen LogP contribution >= 0.6 is 0 Å². The fourth-order valence-electron chi connectivity index (χ4n) is 3.69. The van der Waals surface area contributed by atoms with E-state index in [-0.39, 0.29) is 6.04 Å². The van der Waals surface area contributed by atoms with Crippen molar-refractivity contribution in [3.05, 3.63) is 35.4 Å². The van der Waals surface area contributed by atoms with Crippen molar-refractivity contribution in [2.24, 2.45) is 11.8 Å². The van der Waals surface area contributed by atoms with E-state index in [0.717, 1.165) is 17.9 Å². The van der Waals surface area contributed by atoms with E-state index in [4.69, 9.17) is 0 Å². The third-order valence-corrected chi connectivity index (χ3v) is 4.59. The van der Waals surface area contributed by atoms with Gasteiger partial charge < -0.3 is 5.32 Å². The number of benzene rings is 1. The lowest BCUT2D eigenvalue weighted by atomic mass is 9.94. The Balaban J connectivity index is 1.69. The molecule has 0 spiro atoms. The Kier molecular flexibility index (Phi) is 3.10. The van der Waals surface area contributed by atoms with Crippen LogP contribution in [-0.4, -0.2) is 6.04 Å². The number of fused-ring (bicyclic) bond motifs is 2. The van der Waals surface area contributed by atoms with Crippen LogP contribution in [0.4, 0.5) is 8.78 Å². The molecule has 3 rings (SSSR count). The van der Waals surface area contributed by atoms with Crippen molar-refractivity contribution >= 4 is 0 Å². The van der Waals surface area contributed by atoms with Gasteiger partial charge in [-0.1, -0.05) is 6.42 Å². The second-order valence-electron chi connectivity index (χ2n) is 5.87. The summed E-state index contributed by atoms with van der Waals surface area (Å²) in [6.07, 6.45) is 5.24. The molecule has 1 aromatic rings. The molecule has 0 aliphatic heterocycles. The largest absolute Gasteiger partial charge is 0.307 e. The van der Waals surface area contributed by atoms with Crippen LogP contribution in [0, 0.1) is 23.5 Å². The summed E-state index contributed by atoms with van der Waals surface area (Å²) in [7, 11) is 0. The lowest BCUT2D eigenvalue weighted by Gasteiger charge is -2.27. The molecule has 0 aromatic heterocycles. The van der Waals surface area contributed by atoms with Crippen molar-refractivity contribution in [3.63, 3.8) is 0 Å². The molecule has 2 saturated carbocycles. The van der Waals surface area contributed by atoms with E-state index in [0.29, 0.717) is 11.6 Å². The van der Waals surface area contributed by atoms with Crippen molar-refractivity contribution in [2.45, 2.75) is 44.7 Å². The molecule has 2 aliphatic rings. The van der Waals surface area contributed by atoms with Crippen molar-refractivity contribution < 1.29 is 8.78 Å². The molecule has 4 unspecified atom stereocenters. The Bertz CT molecular complexity index is 426. The lowest BCUT2D eigenvalue weighted by Crippen LogP contribution is -2.35. The van der Waals surface area contributed by atoms with E-state index in [9.17, 15) is 8.78 Å². The summed E-state index contributed by atoms with van der Waals surface area (Å²) in [6, 6.07) is 4.32. The van der Waals surface area contributed by atoms with Crippen LogP contribution in [0.1, 0.15) is 44.2 Å². The van der Waals surface area contributed by atoms with Gasteiger partial charge in [-0.15, -0.1) is 0 Å². The smallest absolute Gasteiger partial charge is 0.126 e. The van der Waals surface area contributed by atoms with Crippen LogP contribution in [0.2, 0.25) is 0 Å². The molecule has 98 valence electrons. The highest BCUT2D eigenvalue weighted by molar-refractivity contribution is 5.21. The molecule has 2 aliphatic carbocycles. The predicted octanol–water partition coefficient (Wildman–Crippen LogP) is 3.80. The first-order valence-corrected chi connectivity index (χ1v) is 6.84. The van der Waals surface area contributed by atoms with Gasteiger partial charge in [-0.25, -0.2) is 8.78 Å². The molecule has 0 amide bonds. The summed E-state index contributed by atoms with van der Waals surface area (Å²) in [5.41, 5.74) is 0.704. The van der Waals surface area contributed by atoms with Crippen molar-refractivity contribution in [1.29, 1.82) is 0 Å². The second-order valence-corrected chi connectivity index (χ2v) is 5.87. The minimum atomic E-state index is -0.494. The molecule has 0 heterocycles. The maximum atomic E-state index is 13.2. The fraction of sp³-hybridized carbons (Fsp3) is 0.600. The van der Waals surface area contributed by atoms with Gasteiger partial charge in [0.15, 0.2) is 0 Å². The van der Waals surface area contributed by atoms with Crippen LogP contribution in [0.15, 0.2) is 18.2 Å². The summed E-state index contributed by atoms with van der Waals surface area (Å²) >= 11 is 0. The van der Waals surface area contributed by atoms with Crippen molar-refractivity contribution in [1.82, 2.24) is 5.32 Å². The molecule has 1 N–H and O–H groups in total. The Morgan fingerprint density at radius 2 is 1.83 bits per heavy atom. The highest BCUT2D eigenvalue weighted by Gasteiger charge is 2.39. The maximum Gasteiger partial charge on any atom is 0.126 e. The minimum Gasteiger partial charge on any atom is -0.307 e. The van der Waals surface area contributed by atoms with E-state index >= 15 is 0 Å². The molecule has 2 bridgehead atoms. The normalized spacial score (nSPS) is 31.8. The molecule has 3 heteroatoms.